The zero-order chi connectivity index (χ0) is 12.8. The van der Waals surface area contributed by atoms with Crippen molar-refractivity contribution in [1.29, 1.82) is 0 Å². The molecule has 0 spiro atoms. The van der Waals surface area contributed by atoms with Gasteiger partial charge in [-0.3, -0.25) is 0 Å². The van der Waals surface area contributed by atoms with Gasteiger partial charge in [0.05, 0.1) is 12.7 Å². The van der Waals surface area contributed by atoms with Crippen LogP contribution < -0.4 is 5.32 Å². The van der Waals surface area contributed by atoms with E-state index in [0.29, 0.717) is 12.1 Å². The fourth-order valence-corrected chi connectivity index (χ4v) is 2.96. The first-order chi connectivity index (χ1) is 8.78. The molecule has 0 bridgehead atoms. The number of hydrogen-bond donors (Lipinski definition) is 1. The summed E-state index contributed by atoms with van der Waals surface area (Å²) in [5, 5.41) is 3.64. The van der Waals surface area contributed by atoms with E-state index < -0.39 is 0 Å². The molecule has 2 unspecified atom stereocenters. The van der Waals surface area contributed by atoms with E-state index in [1.807, 2.05) is 0 Å². The third kappa shape index (κ3) is 4.50. The average molecular weight is 255 g/mol. The second-order valence-electron chi connectivity index (χ2n) is 5.76. The van der Waals surface area contributed by atoms with Gasteiger partial charge in [-0.2, -0.15) is 0 Å². The normalized spacial score (nSPS) is 33.0. The summed E-state index contributed by atoms with van der Waals surface area (Å²) in [7, 11) is 2.19. The quantitative estimate of drug-likeness (QED) is 0.806. The van der Waals surface area contributed by atoms with Gasteiger partial charge in [0.2, 0.25) is 0 Å². The second-order valence-corrected chi connectivity index (χ2v) is 5.76. The molecule has 0 aromatic carbocycles. The van der Waals surface area contributed by atoms with Gasteiger partial charge < -0.3 is 19.9 Å². The van der Waals surface area contributed by atoms with E-state index >= 15 is 0 Å². The molecule has 2 atom stereocenters. The van der Waals surface area contributed by atoms with Gasteiger partial charge in [-0.15, -0.1) is 0 Å². The van der Waals surface area contributed by atoms with E-state index in [9.17, 15) is 0 Å². The first kappa shape index (κ1) is 14.3. The second kappa shape index (κ2) is 7.43. The van der Waals surface area contributed by atoms with Crippen LogP contribution >= 0.6 is 0 Å². The van der Waals surface area contributed by atoms with Crippen LogP contribution in [-0.4, -0.2) is 74.9 Å². The van der Waals surface area contributed by atoms with Crippen LogP contribution in [0.4, 0.5) is 0 Å². The van der Waals surface area contributed by atoms with Crippen molar-refractivity contribution in [3.63, 3.8) is 0 Å². The predicted molar refractivity (Wildman–Crippen MR) is 75.0 cm³/mol. The molecule has 2 aliphatic heterocycles. The summed E-state index contributed by atoms with van der Waals surface area (Å²) >= 11 is 0. The summed E-state index contributed by atoms with van der Waals surface area (Å²) in [6.07, 6.45) is 4.20. The molecule has 2 aliphatic rings. The summed E-state index contributed by atoms with van der Waals surface area (Å²) in [5.41, 5.74) is 0. The summed E-state index contributed by atoms with van der Waals surface area (Å²) in [5.74, 6) is 0. The lowest BCUT2D eigenvalue weighted by atomic mass is 10.1. The Hall–Kier alpha value is -0.160. The highest BCUT2D eigenvalue weighted by Gasteiger charge is 2.21. The van der Waals surface area contributed by atoms with E-state index in [4.69, 9.17) is 4.74 Å². The van der Waals surface area contributed by atoms with E-state index in [1.54, 1.807) is 0 Å². The van der Waals surface area contributed by atoms with Crippen LogP contribution in [0.2, 0.25) is 0 Å². The molecular formula is C14H29N3O. The molecule has 2 rings (SSSR count). The van der Waals surface area contributed by atoms with Crippen molar-refractivity contribution in [1.82, 2.24) is 15.1 Å². The van der Waals surface area contributed by atoms with Gasteiger partial charge in [0, 0.05) is 25.7 Å². The molecule has 2 saturated heterocycles. The topological polar surface area (TPSA) is 27.7 Å². The third-order valence-corrected chi connectivity index (χ3v) is 4.17. The maximum atomic E-state index is 5.88. The molecule has 18 heavy (non-hydrogen) atoms. The first-order valence-electron chi connectivity index (χ1n) is 7.54. The number of hydrogen-bond acceptors (Lipinski definition) is 4. The number of ether oxygens (including phenoxy) is 1. The molecule has 0 radical (unpaired) electrons. The smallest absolute Gasteiger partial charge is 0.0829 e. The third-order valence-electron chi connectivity index (χ3n) is 4.17. The lowest BCUT2D eigenvalue weighted by Gasteiger charge is -2.35. The Kier molecular flexibility index (Phi) is 5.89. The summed E-state index contributed by atoms with van der Waals surface area (Å²) in [6.45, 7) is 10.1. The number of rotatable bonds is 3. The Morgan fingerprint density at radius 3 is 2.94 bits per heavy atom. The maximum absolute atomic E-state index is 5.88. The molecule has 2 heterocycles. The lowest BCUT2D eigenvalue weighted by molar-refractivity contribution is -0.0366. The van der Waals surface area contributed by atoms with Crippen LogP contribution in [0.15, 0.2) is 0 Å². The van der Waals surface area contributed by atoms with E-state index in [-0.39, 0.29) is 0 Å². The number of nitrogens with one attached hydrogen (secondary N) is 1. The van der Waals surface area contributed by atoms with Crippen molar-refractivity contribution in [3.05, 3.63) is 0 Å². The van der Waals surface area contributed by atoms with Gasteiger partial charge in [-0.1, -0.05) is 6.92 Å². The maximum Gasteiger partial charge on any atom is 0.0829 e. The first-order valence-corrected chi connectivity index (χ1v) is 7.54. The fourth-order valence-electron chi connectivity index (χ4n) is 2.96. The highest BCUT2D eigenvalue weighted by atomic mass is 16.5. The van der Waals surface area contributed by atoms with E-state index in [1.165, 1.54) is 38.9 Å². The predicted octanol–water partition coefficient (Wildman–Crippen LogP) is 0.781. The summed E-state index contributed by atoms with van der Waals surface area (Å²) in [4.78, 5) is 4.99. The minimum atomic E-state index is 0.413. The monoisotopic (exact) mass is 255 g/mol. The van der Waals surface area contributed by atoms with Gasteiger partial charge in [-0.05, 0) is 45.9 Å². The van der Waals surface area contributed by atoms with Gasteiger partial charge in [0.15, 0.2) is 0 Å². The highest BCUT2D eigenvalue weighted by molar-refractivity contribution is 4.77. The Bertz CT molecular complexity index is 237. The van der Waals surface area contributed by atoms with Crippen LogP contribution in [0, 0.1) is 0 Å². The van der Waals surface area contributed by atoms with Gasteiger partial charge in [-0.25, -0.2) is 0 Å². The average Bonchev–Trinajstić information content (AvgIpc) is 2.33. The SMILES string of the molecule is CCC1CCN(CC2CN(C)CCO2)CCCN1. The van der Waals surface area contributed by atoms with Crippen molar-refractivity contribution in [2.45, 2.75) is 38.3 Å². The molecule has 106 valence electrons. The molecule has 4 nitrogen and oxygen atoms in total. The van der Waals surface area contributed by atoms with Crippen molar-refractivity contribution in [2.75, 3.05) is 52.9 Å². The molecule has 0 saturated carbocycles. The Morgan fingerprint density at radius 1 is 1.28 bits per heavy atom. The molecule has 0 amide bonds. The largest absolute Gasteiger partial charge is 0.374 e. The van der Waals surface area contributed by atoms with Crippen LogP contribution in [0.1, 0.15) is 26.2 Å². The molecule has 0 aromatic rings. The zero-order valence-electron chi connectivity index (χ0n) is 12.0. The summed E-state index contributed by atoms with van der Waals surface area (Å²) < 4.78 is 5.88. The molecule has 1 N–H and O–H groups in total. The number of likely N-dealkylation sites (N-methyl/N-ethyl adjacent to an activating group) is 1. The minimum absolute atomic E-state index is 0.413. The standard InChI is InChI=1S/C14H29N3O/c1-3-13-5-8-17(7-4-6-15-13)12-14-11-16(2)9-10-18-14/h13-15H,3-12H2,1-2H3. The van der Waals surface area contributed by atoms with Crippen molar-refractivity contribution >= 4 is 0 Å². The van der Waals surface area contributed by atoms with Gasteiger partial charge >= 0.3 is 0 Å². The van der Waals surface area contributed by atoms with Gasteiger partial charge in [0.1, 0.15) is 0 Å². The van der Waals surface area contributed by atoms with Crippen molar-refractivity contribution < 1.29 is 4.74 Å². The molecule has 4 heteroatoms. The molecule has 0 aliphatic carbocycles. The zero-order valence-corrected chi connectivity index (χ0v) is 12.0. The van der Waals surface area contributed by atoms with Crippen molar-refractivity contribution in [3.8, 4) is 0 Å². The van der Waals surface area contributed by atoms with Crippen LogP contribution in [0.3, 0.4) is 0 Å². The van der Waals surface area contributed by atoms with Crippen LogP contribution in [-0.2, 0) is 4.74 Å². The van der Waals surface area contributed by atoms with Gasteiger partial charge in [0.25, 0.3) is 0 Å². The minimum Gasteiger partial charge on any atom is -0.374 e. The molecule has 0 aromatic heterocycles. The van der Waals surface area contributed by atoms with Crippen LogP contribution in [0.5, 0.6) is 0 Å². The molecule has 2 fully saturated rings. The number of morpholine rings is 1. The highest BCUT2D eigenvalue weighted by Crippen LogP contribution is 2.09. The van der Waals surface area contributed by atoms with Crippen LogP contribution in [0.25, 0.3) is 0 Å². The molecular weight excluding hydrogens is 226 g/mol. The fraction of sp³-hybridized carbons (Fsp3) is 1.00. The van der Waals surface area contributed by atoms with Crippen molar-refractivity contribution in [2.24, 2.45) is 0 Å². The van der Waals surface area contributed by atoms with E-state index in [0.717, 1.165) is 26.2 Å². The number of nitrogens with zero attached hydrogens (tertiary/aromatic N) is 2. The Labute approximate surface area is 112 Å². The Morgan fingerprint density at radius 2 is 2.17 bits per heavy atom. The van der Waals surface area contributed by atoms with E-state index in [2.05, 4.69) is 29.1 Å². The lowest BCUT2D eigenvalue weighted by Crippen LogP contribution is -2.48. The Balaban J connectivity index is 1.76. The summed E-state index contributed by atoms with van der Waals surface area (Å²) in [6, 6.07) is 0.711.